The third-order valence-electron chi connectivity index (χ3n) is 5.71. The summed E-state index contributed by atoms with van der Waals surface area (Å²) >= 11 is 0. The first-order valence-electron chi connectivity index (χ1n) is 10.4. The first kappa shape index (κ1) is 19.9. The van der Waals surface area contributed by atoms with E-state index in [1.165, 1.54) is 12.1 Å². The summed E-state index contributed by atoms with van der Waals surface area (Å²) in [6.45, 7) is 5.77. The maximum atomic E-state index is 13.1. The number of ether oxygens (including phenoxy) is 1. The molecule has 0 radical (unpaired) electrons. The molecule has 2 aliphatic rings. The monoisotopic (exact) mass is 397 g/mol. The van der Waals surface area contributed by atoms with Gasteiger partial charge in [-0.15, -0.1) is 0 Å². The Bertz CT molecular complexity index is 804. The summed E-state index contributed by atoms with van der Waals surface area (Å²) in [4.78, 5) is 17.4. The quantitative estimate of drug-likeness (QED) is 0.839. The number of anilines is 2. The van der Waals surface area contributed by atoms with Gasteiger partial charge in [-0.2, -0.15) is 0 Å². The predicted octanol–water partition coefficient (Wildman–Crippen LogP) is 3.51. The number of morpholine rings is 1. The van der Waals surface area contributed by atoms with Crippen LogP contribution >= 0.6 is 0 Å². The zero-order valence-electron chi connectivity index (χ0n) is 16.6. The molecule has 0 saturated carbocycles. The smallest absolute Gasteiger partial charge is 0.228 e. The standard InChI is InChI=1S/C23H28FN3O2/c24-20-5-3-18(4-6-20)16-26-11-1-2-19(17-26)23(28)25-21-7-9-22(10-8-21)27-12-14-29-15-13-27/h3-10,19H,1-2,11-17H2,(H,25,28)/t19-/m1/s1. The minimum Gasteiger partial charge on any atom is -0.378 e. The Balaban J connectivity index is 1.31. The highest BCUT2D eigenvalue weighted by molar-refractivity contribution is 5.92. The maximum absolute atomic E-state index is 13.1. The van der Waals surface area contributed by atoms with Crippen molar-refractivity contribution in [3.05, 3.63) is 59.9 Å². The Kier molecular flexibility index (Phi) is 6.42. The molecule has 2 fully saturated rings. The number of hydrogen-bond donors (Lipinski definition) is 1. The third kappa shape index (κ3) is 5.34. The van der Waals surface area contributed by atoms with Gasteiger partial charge in [0.25, 0.3) is 0 Å². The Morgan fingerprint density at radius 2 is 1.76 bits per heavy atom. The number of nitrogens with one attached hydrogen (secondary N) is 1. The maximum Gasteiger partial charge on any atom is 0.228 e. The highest BCUT2D eigenvalue weighted by Crippen LogP contribution is 2.23. The predicted molar refractivity (Wildman–Crippen MR) is 113 cm³/mol. The minimum atomic E-state index is -0.218. The summed E-state index contributed by atoms with van der Waals surface area (Å²) in [5, 5.41) is 3.08. The van der Waals surface area contributed by atoms with Gasteiger partial charge >= 0.3 is 0 Å². The molecule has 154 valence electrons. The summed E-state index contributed by atoms with van der Waals surface area (Å²) in [6, 6.07) is 14.7. The number of hydrogen-bond acceptors (Lipinski definition) is 4. The molecule has 0 bridgehead atoms. The summed E-state index contributed by atoms with van der Waals surface area (Å²) in [5.41, 5.74) is 3.07. The number of amides is 1. The van der Waals surface area contributed by atoms with Crippen LogP contribution in [0, 0.1) is 11.7 Å². The molecule has 29 heavy (non-hydrogen) atoms. The molecule has 2 saturated heterocycles. The second-order valence-corrected chi connectivity index (χ2v) is 7.84. The van der Waals surface area contributed by atoms with Crippen LogP contribution < -0.4 is 10.2 Å². The molecule has 0 spiro atoms. The second-order valence-electron chi connectivity index (χ2n) is 7.84. The molecule has 2 aromatic carbocycles. The number of halogens is 1. The molecule has 5 nitrogen and oxygen atoms in total. The first-order chi connectivity index (χ1) is 14.2. The lowest BCUT2D eigenvalue weighted by Gasteiger charge is -2.32. The largest absolute Gasteiger partial charge is 0.378 e. The Morgan fingerprint density at radius 3 is 2.48 bits per heavy atom. The Morgan fingerprint density at radius 1 is 1.03 bits per heavy atom. The highest BCUT2D eigenvalue weighted by atomic mass is 19.1. The van der Waals surface area contributed by atoms with E-state index in [0.717, 1.165) is 75.7 Å². The molecular formula is C23H28FN3O2. The molecule has 1 N–H and O–H groups in total. The number of carbonyl (C=O) groups is 1. The van der Waals surface area contributed by atoms with Crippen LogP contribution in [0.25, 0.3) is 0 Å². The Labute approximate surface area is 171 Å². The van der Waals surface area contributed by atoms with E-state index >= 15 is 0 Å². The molecule has 1 atom stereocenters. The van der Waals surface area contributed by atoms with Crippen molar-refractivity contribution < 1.29 is 13.9 Å². The number of likely N-dealkylation sites (tertiary alicyclic amines) is 1. The van der Waals surface area contributed by atoms with Crippen molar-refractivity contribution in [1.82, 2.24) is 4.90 Å². The highest BCUT2D eigenvalue weighted by Gasteiger charge is 2.26. The van der Waals surface area contributed by atoms with E-state index in [2.05, 4.69) is 27.2 Å². The van der Waals surface area contributed by atoms with Gasteiger partial charge in [-0.1, -0.05) is 12.1 Å². The molecule has 1 amide bonds. The van der Waals surface area contributed by atoms with E-state index in [0.29, 0.717) is 0 Å². The normalized spacial score (nSPS) is 20.4. The molecule has 0 aliphatic carbocycles. The molecule has 2 heterocycles. The van der Waals surface area contributed by atoms with Crippen LogP contribution in [-0.4, -0.2) is 50.2 Å². The van der Waals surface area contributed by atoms with Crippen LogP contribution in [0.15, 0.2) is 48.5 Å². The van der Waals surface area contributed by atoms with Crippen molar-refractivity contribution in [2.75, 3.05) is 49.6 Å². The summed E-state index contributed by atoms with van der Waals surface area (Å²) < 4.78 is 18.5. The van der Waals surface area contributed by atoms with Crippen LogP contribution in [0.2, 0.25) is 0 Å². The Hall–Kier alpha value is -2.44. The number of rotatable bonds is 5. The summed E-state index contributed by atoms with van der Waals surface area (Å²) in [5.74, 6) is -0.166. The van der Waals surface area contributed by atoms with E-state index in [9.17, 15) is 9.18 Å². The first-order valence-corrected chi connectivity index (χ1v) is 10.4. The fourth-order valence-electron chi connectivity index (χ4n) is 4.08. The molecule has 6 heteroatoms. The zero-order chi connectivity index (χ0) is 20.1. The molecule has 0 unspecified atom stereocenters. The average Bonchev–Trinajstić information content (AvgIpc) is 2.77. The lowest BCUT2D eigenvalue weighted by molar-refractivity contribution is -0.121. The number of benzene rings is 2. The third-order valence-corrected chi connectivity index (χ3v) is 5.71. The molecule has 0 aromatic heterocycles. The van der Waals surface area contributed by atoms with Gasteiger partial charge in [0.05, 0.1) is 19.1 Å². The van der Waals surface area contributed by atoms with Gasteiger partial charge < -0.3 is 15.0 Å². The zero-order valence-corrected chi connectivity index (χ0v) is 16.6. The SMILES string of the molecule is O=C(Nc1ccc(N2CCOCC2)cc1)[C@@H]1CCCN(Cc2ccc(F)cc2)C1. The summed E-state index contributed by atoms with van der Waals surface area (Å²) in [7, 11) is 0. The van der Waals surface area contributed by atoms with E-state index in [4.69, 9.17) is 4.74 Å². The number of carbonyl (C=O) groups excluding carboxylic acids is 1. The van der Waals surface area contributed by atoms with Gasteiger partial charge in [0.1, 0.15) is 5.82 Å². The van der Waals surface area contributed by atoms with Gasteiger partial charge in [0.15, 0.2) is 0 Å². The van der Waals surface area contributed by atoms with Crippen molar-refractivity contribution in [1.29, 1.82) is 0 Å². The lowest BCUT2D eigenvalue weighted by atomic mass is 9.96. The van der Waals surface area contributed by atoms with E-state index in [1.807, 2.05) is 24.3 Å². The van der Waals surface area contributed by atoms with E-state index < -0.39 is 0 Å². The van der Waals surface area contributed by atoms with Crippen LogP contribution in [0.3, 0.4) is 0 Å². The lowest BCUT2D eigenvalue weighted by Crippen LogP contribution is -2.40. The van der Waals surface area contributed by atoms with Crippen molar-refractivity contribution in [2.24, 2.45) is 5.92 Å². The van der Waals surface area contributed by atoms with Crippen LogP contribution in [0.5, 0.6) is 0 Å². The molecular weight excluding hydrogens is 369 g/mol. The topological polar surface area (TPSA) is 44.8 Å². The molecule has 4 rings (SSSR count). The van der Waals surface area contributed by atoms with E-state index in [1.54, 1.807) is 0 Å². The summed E-state index contributed by atoms with van der Waals surface area (Å²) in [6.07, 6.45) is 1.90. The van der Waals surface area contributed by atoms with Crippen molar-refractivity contribution in [3.8, 4) is 0 Å². The number of nitrogens with zero attached hydrogens (tertiary/aromatic N) is 2. The van der Waals surface area contributed by atoms with Gasteiger partial charge in [-0.05, 0) is 61.3 Å². The van der Waals surface area contributed by atoms with Gasteiger partial charge in [-0.25, -0.2) is 4.39 Å². The van der Waals surface area contributed by atoms with Crippen LogP contribution in [0.4, 0.5) is 15.8 Å². The average molecular weight is 397 g/mol. The van der Waals surface area contributed by atoms with Gasteiger partial charge in [0, 0.05) is 37.6 Å². The fourth-order valence-corrected chi connectivity index (χ4v) is 4.08. The van der Waals surface area contributed by atoms with Crippen LogP contribution in [0.1, 0.15) is 18.4 Å². The van der Waals surface area contributed by atoms with Gasteiger partial charge in [0.2, 0.25) is 5.91 Å². The van der Waals surface area contributed by atoms with Crippen molar-refractivity contribution in [3.63, 3.8) is 0 Å². The van der Waals surface area contributed by atoms with Crippen molar-refractivity contribution >= 4 is 17.3 Å². The van der Waals surface area contributed by atoms with Crippen molar-refractivity contribution in [2.45, 2.75) is 19.4 Å². The van der Waals surface area contributed by atoms with Gasteiger partial charge in [-0.3, -0.25) is 9.69 Å². The number of piperidine rings is 1. The second kappa shape index (κ2) is 9.37. The van der Waals surface area contributed by atoms with Crippen LogP contribution in [-0.2, 0) is 16.1 Å². The molecule has 2 aliphatic heterocycles. The minimum absolute atomic E-state index is 0.0249. The molecule has 2 aromatic rings. The van der Waals surface area contributed by atoms with E-state index in [-0.39, 0.29) is 17.6 Å². The fraction of sp³-hybridized carbons (Fsp3) is 0.435.